The minimum absolute atomic E-state index is 0.193. The van der Waals surface area contributed by atoms with Crippen LogP contribution in [0.3, 0.4) is 0 Å². The number of carbonyl (C=O) groups excluding carboxylic acids is 4. The maximum atomic E-state index is 15.2. The molecule has 300 valence electrons. The molecule has 2 aliphatic carbocycles. The van der Waals surface area contributed by atoms with E-state index in [1.165, 1.54) is 11.1 Å². The van der Waals surface area contributed by atoms with Crippen LogP contribution in [0.1, 0.15) is 125 Å². The van der Waals surface area contributed by atoms with Gasteiger partial charge in [0.25, 0.3) is 11.8 Å². The number of nitrogens with zero attached hydrogens (tertiary/aromatic N) is 2. The van der Waals surface area contributed by atoms with Gasteiger partial charge in [-0.3, -0.25) is 14.4 Å². The molecule has 8 nitrogen and oxygen atoms in total. The lowest BCUT2D eigenvalue weighted by atomic mass is 9.80. The van der Waals surface area contributed by atoms with Crippen molar-refractivity contribution in [2.45, 2.75) is 91.0 Å². The quantitative estimate of drug-likeness (QED) is 0.142. The van der Waals surface area contributed by atoms with E-state index in [-0.39, 0.29) is 46.6 Å². The predicted molar refractivity (Wildman–Crippen MR) is 230 cm³/mol. The fourth-order valence-corrected chi connectivity index (χ4v) is 8.09. The Morgan fingerprint density at radius 2 is 1.56 bits per heavy atom. The topological polar surface area (TPSA) is 121 Å². The van der Waals surface area contributed by atoms with Crippen molar-refractivity contribution in [3.8, 4) is 0 Å². The summed E-state index contributed by atoms with van der Waals surface area (Å²) in [6, 6.07) is 17.3. The van der Waals surface area contributed by atoms with Crippen molar-refractivity contribution >= 4 is 35.5 Å². The lowest BCUT2D eigenvalue weighted by Gasteiger charge is -2.32. The number of likely N-dealkylation sites (N-methyl/N-ethyl adjacent to an activating group) is 1. The van der Waals surface area contributed by atoms with E-state index in [2.05, 4.69) is 32.1 Å². The standard InChI is InChI=1S/C49H59N3O5/c1-7-33-12-14-36(15-13-33)27-39-28-43(48(56)51(5)40-11-9-10-35(18-22-40)24-25-50)47-44(31-55)42(37-19-16-34(8-2)17-20-37)23-21-38(29-53)45(47)46(39)49(57)52(6)41(30-54)26-32(3)4/h12-23,28-29,31-32,38,41,54H,7-11,24-27,30,50H2,1-6H3. The largest absolute Gasteiger partial charge is 0.394 e. The van der Waals surface area contributed by atoms with Gasteiger partial charge in [0.1, 0.15) is 6.29 Å². The number of carbonyl (C=O) groups is 4. The highest BCUT2D eigenvalue weighted by Crippen LogP contribution is 2.42. The van der Waals surface area contributed by atoms with E-state index < -0.39 is 12.0 Å². The summed E-state index contributed by atoms with van der Waals surface area (Å²) in [6.07, 6.45) is 14.8. The molecule has 0 aromatic heterocycles. The van der Waals surface area contributed by atoms with Crippen LogP contribution in [0.5, 0.6) is 0 Å². The van der Waals surface area contributed by atoms with E-state index in [9.17, 15) is 14.7 Å². The van der Waals surface area contributed by atoms with Crippen molar-refractivity contribution in [3.63, 3.8) is 0 Å². The van der Waals surface area contributed by atoms with Gasteiger partial charge in [-0.1, -0.05) is 100 Å². The van der Waals surface area contributed by atoms with Crippen molar-refractivity contribution < 1.29 is 24.3 Å². The summed E-state index contributed by atoms with van der Waals surface area (Å²) in [5.74, 6) is -1.50. The molecular formula is C49H59N3O5. The minimum atomic E-state index is -0.967. The number of fused-ring (bicyclic) bond motifs is 1. The third kappa shape index (κ3) is 9.69. The second-order valence-electron chi connectivity index (χ2n) is 15.7. The number of hydrogen-bond donors (Lipinski definition) is 2. The van der Waals surface area contributed by atoms with Crippen LogP contribution in [0.4, 0.5) is 0 Å². The maximum absolute atomic E-state index is 15.2. The Balaban J connectivity index is 1.87. The Bertz CT molecular complexity index is 2070. The van der Waals surface area contributed by atoms with Gasteiger partial charge >= 0.3 is 0 Å². The summed E-state index contributed by atoms with van der Waals surface area (Å²) in [4.78, 5) is 60.5. The second-order valence-corrected chi connectivity index (χ2v) is 15.7. The van der Waals surface area contributed by atoms with Crippen LogP contribution < -0.4 is 5.73 Å². The smallest absolute Gasteiger partial charge is 0.258 e. The third-order valence-corrected chi connectivity index (χ3v) is 11.5. The molecule has 0 saturated carbocycles. The van der Waals surface area contributed by atoms with Crippen LogP contribution in [0.25, 0.3) is 11.1 Å². The lowest BCUT2D eigenvalue weighted by molar-refractivity contribution is -0.108. The lowest BCUT2D eigenvalue weighted by Crippen LogP contribution is -2.41. The first-order valence-electron chi connectivity index (χ1n) is 20.4. The van der Waals surface area contributed by atoms with Crippen LogP contribution >= 0.6 is 0 Å². The van der Waals surface area contributed by atoms with Crippen molar-refractivity contribution in [3.05, 3.63) is 140 Å². The number of benzene rings is 3. The van der Waals surface area contributed by atoms with E-state index in [4.69, 9.17) is 5.73 Å². The van der Waals surface area contributed by atoms with Crippen LogP contribution in [0.2, 0.25) is 0 Å². The average Bonchev–Trinajstić information content (AvgIpc) is 3.56. The number of nitrogens with two attached hydrogens (primary N) is 1. The van der Waals surface area contributed by atoms with Gasteiger partial charge in [0.15, 0.2) is 6.29 Å². The first kappa shape index (κ1) is 43.0. The fraction of sp³-hybridized carbons (Fsp3) is 0.388. The molecule has 2 unspecified atom stereocenters. The van der Waals surface area contributed by atoms with E-state index in [1.807, 2.05) is 56.3 Å². The number of aldehydes is 2. The van der Waals surface area contributed by atoms with Crippen LogP contribution in [0.15, 0.2) is 90.2 Å². The Morgan fingerprint density at radius 1 is 0.912 bits per heavy atom. The van der Waals surface area contributed by atoms with Gasteiger partial charge in [-0.15, -0.1) is 0 Å². The number of aryl methyl sites for hydroxylation is 2. The van der Waals surface area contributed by atoms with Crippen molar-refractivity contribution in [2.24, 2.45) is 11.7 Å². The zero-order valence-electron chi connectivity index (χ0n) is 34.5. The minimum Gasteiger partial charge on any atom is -0.394 e. The molecule has 57 heavy (non-hydrogen) atoms. The van der Waals surface area contributed by atoms with Gasteiger partial charge in [-0.2, -0.15) is 0 Å². The Morgan fingerprint density at radius 3 is 2.14 bits per heavy atom. The molecule has 3 N–H and O–H groups in total. The molecule has 0 bridgehead atoms. The molecule has 3 aromatic carbocycles. The van der Waals surface area contributed by atoms with Crippen LogP contribution in [-0.2, 0) is 28.9 Å². The van der Waals surface area contributed by atoms with Crippen molar-refractivity contribution in [1.82, 2.24) is 9.80 Å². The highest BCUT2D eigenvalue weighted by atomic mass is 16.3. The summed E-state index contributed by atoms with van der Waals surface area (Å²) >= 11 is 0. The molecule has 0 spiro atoms. The summed E-state index contributed by atoms with van der Waals surface area (Å²) in [5, 5.41) is 10.5. The molecule has 2 aliphatic rings. The van der Waals surface area contributed by atoms with Gasteiger partial charge in [0, 0.05) is 42.1 Å². The molecule has 3 aromatic rings. The van der Waals surface area contributed by atoms with Gasteiger partial charge in [-0.05, 0) is 115 Å². The van der Waals surface area contributed by atoms with Crippen molar-refractivity contribution in [1.29, 1.82) is 0 Å². The second kappa shape index (κ2) is 19.8. The zero-order valence-corrected chi connectivity index (χ0v) is 34.5. The predicted octanol–water partition coefficient (Wildman–Crippen LogP) is 8.26. The number of rotatable bonds is 16. The Labute approximate surface area is 338 Å². The number of aliphatic hydroxyl groups excluding tert-OH is 1. The zero-order chi connectivity index (χ0) is 41.2. The average molecular weight is 770 g/mol. The molecule has 2 amide bonds. The van der Waals surface area contributed by atoms with Gasteiger partial charge in [0.2, 0.25) is 0 Å². The monoisotopic (exact) mass is 769 g/mol. The molecule has 0 aliphatic heterocycles. The van der Waals surface area contributed by atoms with E-state index in [1.54, 1.807) is 42.1 Å². The Hall–Kier alpha value is -5.18. The summed E-state index contributed by atoms with van der Waals surface area (Å²) in [6.45, 7) is 8.54. The first-order valence-corrected chi connectivity index (χ1v) is 20.4. The van der Waals surface area contributed by atoms with E-state index in [0.717, 1.165) is 67.1 Å². The molecule has 0 heterocycles. The summed E-state index contributed by atoms with van der Waals surface area (Å²) in [5.41, 5.74) is 14.3. The molecule has 2 atom stereocenters. The molecule has 0 radical (unpaired) electrons. The summed E-state index contributed by atoms with van der Waals surface area (Å²) < 4.78 is 0. The third-order valence-electron chi connectivity index (χ3n) is 11.5. The molecular weight excluding hydrogens is 711 g/mol. The normalized spacial score (nSPS) is 15.9. The van der Waals surface area contributed by atoms with Crippen LogP contribution in [-0.4, -0.2) is 72.6 Å². The van der Waals surface area contributed by atoms with Crippen molar-refractivity contribution in [2.75, 3.05) is 27.2 Å². The molecule has 5 rings (SSSR count). The van der Waals surface area contributed by atoms with E-state index in [0.29, 0.717) is 42.5 Å². The molecule has 0 saturated heterocycles. The number of aliphatic hydroxyl groups is 1. The summed E-state index contributed by atoms with van der Waals surface area (Å²) in [7, 11) is 3.42. The SMILES string of the molecule is CCc1ccc(Cc2cc(C(=O)N(C)C3=CC=C(CCN)CCC3)c3c(c2C(=O)N(C)C(CO)CC(C)C)C(C=O)C=CC(c2ccc(CC)cc2)=C3C=O)cc1. The van der Waals surface area contributed by atoms with Gasteiger partial charge < -0.3 is 25.4 Å². The van der Waals surface area contributed by atoms with Crippen LogP contribution in [0, 0.1) is 5.92 Å². The number of amides is 2. The fourth-order valence-electron chi connectivity index (χ4n) is 8.09. The number of allylic oxidation sites excluding steroid dienone is 7. The van der Waals surface area contributed by atoms with Gasteiger partial charge in [-0.25, -0.2) is 0 Å². The van der Waals surface area contributed by atoms with Gasteiger partial charge in [0.05, 0.1) is 18.6 Å². The van der Waals surface area contributed by atoms with E-state index >= 15 is 9.59 Å². The first-order chi connectivity index (χ1) is 27.5. The highest BCUT2D eigenvalue weighted by Gasteiger charge is 2.36. The molecule has 0 fully saturated rings. The highest BCUT2D eigenvalue weighted by molar-refractivity contribution is 6.24. The Kier molecular flexibility index (Phi) is 14.9. The maximum Gasteiger partial charge on any atom is 0.258 e. The number of hydrogen-bond acceptors (Lipinski definition) is 6. The molecule has 8 heteroatoms.